The Morgan fingerprint density at radius 1 is 1.30 bits per heavy atom. The number of hydrogen-bond acceptors (Lipinski definition) is 6. The average Bonchev–Trinajstić information content (AvgIpc) is 2.78. The van der Waals surface area contributed by atoms with Crippen molar-refractivity contribution in [3.8, 4) is 11.5 Å². The highest BCUT2D eigenvalue weighted by atomic mass is 35.5. The summed E-state index contributed by atoms with van der Waals surface area (Å²) in [5, 5.41) is 7.31. The van der Waals surface area contributed by atoms with Crippen molar-refractivity contribution in [2.24, 2.45) is 0 Å². The zero-order chi connectivity index (χ0) is 24.0. The van der Waals surface area contributed by atoms with Gasteiger partial charge in [-0.05, 0) is 68.8 Å². The molecule has 1 aliphatic heterocycles. The fourth-order valence-corrected chi connectivity index (χ4v) is 4.52. The van der Waals surface area contributed by atoms with Gasteiger partial charge in [-0.25, -0.2) is 0 Å². The number of amides is 1. The van der Waals surface area contributed by atoms with Crippen LogP contribution in [0.15, 0.2) is 59.2 Å². The van der Waals surface area contributed by atoms with E-state index in [0.717, 1.165) is 30.9 Å². The normalized spacial score (nSPS) is 15.1. The Hall–Kier alpha value is -2.61. The molecule has 0 saturated heterocycles. The van der Waals surface area contributed by atoms with E-state index >= 15 is 0 Å². The van der Waals surface area contributed by atoms with Crippen LogP contribution in [-0.2, 0) is 17.8 Å². The molecular formula is C25H30ClN3O3S. The third-order valence-corrected chi connectivity index (χ3v) is 6.50. The summed E-state index contributed by atoms with van der Waals surface area (Å²) in [7, 11) is 3.82. The predicted octanol–water partition coefficient (Wildman–Crippen LogP) is 5.81. The highest BCUT2D eigenvalue weighted by Gasteiger charge is 2.19. The molecule has 1 unspecified atom stereocenters. The number of benzene rings is 2. The number of rotatable bonds is 9. The molecule has 33 heavy (non-hydrogen) atoms. The molecule has 0 aromatic heterocycles. The van der Waals surface area contributed by atoms with Crippen molar-refractivity contribution >= 4 is 40.6 Å². The number of anilines is 2. The monoisotopic (exact) mass is 487 g/mol. The molecule has 0 spiro atoms. The van der Waals surface area contributed by atoms with Gasteiger partial charge in [-0.1, -0.05) is 36.0 Å². The summed E-state index contributed by atoms with van der Waals surface area (Å²) in [6.07, 6.45) is 2.23. The molecule has 1 amide bonds. The lowest BCUT2D eigenvalue weighted by Crippen LogP contribution is -2.26. The molecule has 2 aromatic carbocycles. The molecule has 0 radical (unpaired) electrons. The molecule has 6 nitrogen and oxygen atoms in total. The average molecular weight is 488 g/mol. The third kappa shape index (κ3) is 6.93. The van der Waals surface area contributed by atoms with Gasteiger partial charge in [-0.3, -0.25) is 4.79 Å². The molecule has 2 aromatic rings. The number of methoxy groups -OCH3 is 1. The van der Waals surface area contributed by atoms with Crippen LogP contribution >= 0.6 is 23.4 Å². The van der Waals surface area contributed by atoms with Gasteiger partial charge in [-0.2, -0.15) is 0 Å². The van der Waals surface area contributed by atoms with Crippen molar-refractivity contribution in [3.05, 3.63) is 70.3 Å². The van der Waals surface area contributed by atoms with E-state index < -0.39 is 0 Å². The first-order valence-electron chi connectivity index (χ1n) is 10.7. The van der Waals surface area contributed by atoms with Crippen molar-refractivity contribution in [1.29, 1.82) is 0 Å². The van der Waals surface area contributed by atoms with Gasteiger partial charge in [0.15, 0.2) is 5.09 Å². The van der Waals surface area contributed by atoms with Crippen molar-refractivity contribution in [2.75, 3.05) is 31.3 Å². The minimum absolute atomic E-state index is 0.0458. The van der Waals surface area contributed by atoms with Crippen molar-refractivity contribution in [2.45, 2.75) is 32.2 Å². The van der Waals surface area contributed by atoms with Crippen molar-refractivity contribution in [1.82, 2.24) is 4.90 Å². The maximum Gasteiger partial charge on any atom is 0.247 e. The Bertz CT molecular complexity index is 1050. The maximum atomic E-state index is 11.6. The van der Waals surface area contributed by atoms with Crippen LogP contribution in [0.25, 0.3) is 0 Å². The summed E-state index contributed by atoms with van der Waals surface area (Å²) in [5.74, 6) is 1.10. The van der Waals surface area contributed by atoms with E-state index in [4.69, 9.17) is 21.1 Å². The number of hydrogen-bond donors (Lipinski definition) is 2. The van der Waals surface area contributed by atoms with Gasteiger partial charge >= 0.3 is 0 Å². The van der Waals surface area contributed by atoms with Crippen LogP contribution in [-0.4, -0.2) is 36.9 Å². The molecule has 3 rings (SSSR count). The maximum absolute atomic E-state index is 11.6. The van der Waals surface area contributed by atoms with E-state index in [2.05, 4.69) is 41.3 Å². The van der Waals surface area contributed by atoms with E-state index in [-0.39, 0.29) is 11.3 Å². The first-order valence-corrected chi connectivity index (χ1v) is 11.9. The lowest BCUT2D eigenvalue weighted by molar-refractivity contribution is -0.111. The van der Waals surface area contributed by atoms with Gasteiger partial charge in [0.2, 0.25) is 5.91 Å². The van der Waals surface area contributed by atoms with Crippen LogP contribution in [0.1, 0.15) is 25.0 Å². The number of fused-ring (bicyclic) bond motifs is 1. The smallest absolute Gasteiger partial charge is 0.247 e. The number of carbonyl (C=O) groups is 1. The van der Waals surface area contributed by atoms with Crippen LogP contribution in [0, 0.1) is 0 Å². The zero-order valence-electron chi connectivity index (χ0n) is 19.4. The van der Waals surface area contributed by atoms with Gasteiger partial charge in [0.25, 0.3) is 0 Å². The number of ether oxygens (including phenoxy) is 2. The minimum Gasteiger partial charge on any atom is -0.495 e. The molecule has 0 saturated carbocycles. The molecule has 8 heteroatoms. The summed E-state index contributed by atoms with van der Waals surface area (Å²) < 4.78 is 11.7. The number of nitrogens with zero attached hydrogens (tertiary/aromatic N) is 1. The second-order valence-corrected chi connectivity index (χ2v) is 9.74. The molecule has 2 N–H and O–H groups in total. The van der Waals surface area contributed by atoms with E-state index in [9.17, 15) is 4.79 Å². The Kier molecular flexibility index (Phi) is 8.72. The topological polar surface area (TPSA) is 62.8 Å². The van der Waals surface area contributed by atoms with E-state index in [0.29, 0.717) is 21.6 Å². The van der Waals surface area contributed by atoms with E-state index in [1.165, 1.54) is 29.0 Å². The van der Waals surface area contributed by atoms with Crippen LogP contribution in [0.3, 0.4) is 0 Å². The van der Waals surface area contributed by atoms with Gasteiger partial charge in [0.1, 0.15) is 11.5 Å². The molecule has 1 heterocycles. The molecule has 0 aliphatic carbocycles. The van der Waals surface area contributed by atoms with Crippen LogP contribution in [0.4, 0.5) is 11.4 Å². The lowest BCUT2D eigenvalue weighted by atomic mass is 9.98. The number of thioether (sulfide) groups is 1. The summed E-state index contributed by atoms with van der Waals surface area (Å²) in [4.78, 5) is 13.9. The number of allylic oxidation sites excluding steroid dienone is 1. The predicted molar refractivity (Wildman–Crippen MR) is 138 cm³/mol. The first kappa shape index (κ1) is 25.0. The largest absolute Gasteiger partial charge is 0.495 e. The van der Waals surface area contributed by atoms with E-state index in [1.54, 1.807) is 32.2 Å². The molecular weight excluding hydrogens is 458 g/mol. The first-order chi connectivity index (χ1) is 15.8. The van der Waals surface area contributed by atoms with Gasteiger partial charge in [0.05, 0.1) is 23.2 Å². The van der Waals surface area contributed by atoms with E-state index in [1.807, 2.05) is 13.0 Å². The second kappa shape index (κ2) is 11.5. The fourth-order valence-electron chi connectivity index (χ4n) is 3.53. The van der Waals surface area contributed by atoms with Crippen molar-refractivity contribution < 1.29 is 14.3 Å². The number of halogens is 1. The molecule has 1 atom stereocenters. The zero-order valence-corrected chi connectivity index (χ0v) is 21.0. The molecule has 0 bridgehead atoms. The second-order valence-electron chi connectivity index (χ2n) is 7.86. The quantitative estimate of drug-likeness (QED) is 0.264. The van der Waals surface area contributed by atoms with Crippen LogP contribution in [0.2, 0.25) is 0 Å². The Morgan fingerprint density at radius 2 is 2.09 bits per heavy atom. The minimum atomic E-state index is -0.283. The Balaban J connectivity index is 1.71. The lowest BCUT2D eigenvalue weighted by Gasteiger charge is -2.27. The van der Waals surface area contributed by atoms with Crippen LogP contribution in [0.5, 0.6) is 11.5 Å². The van der Waals surface area contributed by atoms with Crippen molar-refractivity contribution in [3.63, 3.8) is 0 Å². The molecule has 176 valence electrons. The summed E-state index contributed by atoms with van der Waals surface area (Å²) in [6, 6.07) is 11.4. The fraction of sp³-hybridized carbons (Fsp3) is 0.320. The third-order valence-electron chi connectivity index (χ3n) is 5.15. The van der Waals surface area contributed by atoms with Gasteiger partial charge in [-0.15, -0.1) is 0 Å². The number of nitrogens with one attached hydrogen (secondary N) is 2. The highest BCUT2D eigenvalue weighted by molar-refractivity contribution is 8.03. The summed E-state index contributed by atoms with van der Waals surface area (Å²) >= 11 is 7.82. The summed E-state index contributed by atoms with van der Waals surface area (Å²) in [6.45, 7) is 9.27. The van der Waals surface area contributed by atoms with Gasteiger partial charge in [0, 0.05) is 24.8 Å². The number of likely N-dealkylation sites (N-methyl/N-ethyl adjacent to an activating group) is 1. The molecule has 1 aliphatic rings. The standard InChI is InChI=1S/C25H30ClN3O3S/c1-6-24(30)28-20-8-7-9-21(14-20)32-25(16(2)26)33-17(3)27-22-12-18-10-11-29(4)15-19(18)13-23(22)31-5/h6-9,12-14,17,27H,1,10-11,15H2,2-5H3,(H,28,30)/b25-16+. The Morgan fingerprint density at radius 3 is 2.79 bits per heavy atom. The summed E-state index contributed by atoms with van der Waals surface area (Å²) in [5.41, 5.74) is 4.20. The number of carbonyl (C=O) groups excluding carboxylic acids is 1. The molecule has 0 fully saturated rings. The Labute approximate surface area is 205 Å². The highest BCUT2D eigenvalue weighted by Crippen LogP contribution is 2.35. The van der Waals surface area contributed by atoms with Gasteiger partial charge < -0.3 is 25.0 Å². The van der Waals surface area contributed by atoms with Crippen LogP contribution < -0.4 is 20.1 Å². The SMILES string of the molecule is C=CC(=O)Nc1cccc(O/C(SC(C)Nc2cc3c(cc2OC)CN(C)CC3)=C(/C)Cl)c1.